The van der Waals surface area contributed by atoms with Crippen molar-refractivity contribution >= 4 is 12.0 Å². The zero-order valence-corrected chi connectivity index (χ0v) is 9.31. The highest BCUT2D eigenvalue weighted by Gasteiger charge is 1.95. The average molecular weight is 227 g/mol. The number of ether oxygens (including phenoxy) is 2. The maximum absolute atomic E-state index is 10.6. The number of carbonyl (C=O) groups is 1. The summed E-state index contributed by atoms with van der Waals surface area (Å²) in [5, 5.41) is 0. The van der Waals surface area contributed by atoms with E-state index in [0.717, 1.165) is 25.3 Å². The Bertz CT molecular complexity index is 246. The molecular formula is C11H17NO4. The standard InChI is InChI=1S/C11H17NO4/c1-2-11(14)16-8-5-3-4-7-15-9-6-12-10-13/h2H,1,3-9H2. The normalized spacial score (nSPS) is 9.25. The summed E-state index contributed by atoms with van der Waals surface area (Å²) >= 11 is 0. The molecule has 0 saturated heterocycles. The Balaban J connectivity index is 3.06. The van der Waals surface area contributed by atoms with Gasteiger partial charge in [0.15, 0.2) is 0 Å². The van der Waals surface area contributed by atoms with E-state index in [1.807, 2.05) is 0 Å². The van der Waals surface area contributed by atoms with Crippen molar-refractivity contribution in [2.75, 3.05) is 26.4 Å². The van der Waals surface area contributed by atoms with E-state index in [1.165, 1.54) is 6.08 Å². The van der Waals surface area contributed by atoms with Crippen LogP contribution in [-0.2, 0) is 19.1 Å². The molecule has 5 nitrogen and oxygen atoms in total. The first kappa shape index (κ1) is 14.6. The molecule has 90 valence electrons. The largest absolute Gasteiger partial charge is 0.463 e. The Morgan fingerprint density at radius 3 is 2.69 bits per heavy atom. The third kappa shape index (κ3) is 10.6. The third-order valence-corrected chi connectivity index (χ3v) is 1.76. The number of rotatable bonds is 10. The lowest BCUT2D eigenvalue weighted by Crippen LogP contribution is -2.03. The fourth-order valence-electron chi connectivity index (χ4n) is 0.973. The Labute approximate surface area is 95.1 Å². The summed E-state index contributed by atoms with van der Waals surface area (Å²) in [4.78, 5) is 23.7. The van der Waals surface area contributed by atoms with Gasteiger partial charge in [0.25, 0.3) is 0 Å². The summed E-state index contributed by atoms with van der Waals surface area (Å²) in [5.41, 5.74) is 0. The molecule has 0 aromatic heterocycles. The summed E-state index contributed by atoms with van der Waals surface area (Å²) in [6.07, 6.45) is 5.24. The number of isocyanates is 1. The van der Waals surface area contributed by atoms with Crippen LogP contribution in [0.1, 0.15) is 19.3 Å². The van der Waals surface area contributed by atoms with Crippen molar-refractivity contribution in [1.82, 2.24) is 0 Å². The molecule has 0 aliphatic heterocycles. The van der Waals surface area contributed by atoms with Crippen LogP contribution in [0.4, 0.5) is 0 Å². The van der Waals surface area contributed by atoms with Gasteiger partial charge in [0.2, 0.25) is 6.08 Å². The monoisotopic (exact) mass is 227 g/mol. The molecular weight excluding hydrogens is 210 g/mol. The van der Waals surface area contributed by atoms with E-state index in [4.69, 9.17) is 9.47 Å². The second-order valence-electron chi connectivity index (χ2n) is 3.02. The minimum atomic E-state index is -0.386. The van der Waals surface area contributed by atoms with Crippen molar-refractivity contribution < 1.29 is 19.1 Å². The molecule has 0 bridgehead atoms. The number of unbranched alkanes of at least 4 members (excludes halogenated alkanes) is 2. The van der Waals surface area contributed by atoms with E-state index in [1.54, 1.807) is 0 Å². The molecule has 0 N–H and O–H groups in total. The smallest absolute Gasteiger partial charge is 0.330 e. The lowest BCUT2D eigenvalue weighted by atomic mass is 10.2. The molecule has 0 radical (unpaired) electrons. The van der Waals surface area contributed by atoms with Crippen LogP contribution in [0.15, 0.2) is 17.6 Å². The second kappa shape index (κ2) is 11.6. The van der Waals surface area contributed by atoms with Gasteiger partial charge in [-0.25, -0.2) is 14.6 Å². The maximum atomic E-state index is 10.6. The molecule has 16 heavy (non-hydrogen) atoms. The van der Waals surface area contributed by atoms with Crippen molar-refractivity contribution in [2.45, 2.75) is 19.3 Å². The molecule has 0 aromatic carbocycles. The zero-order chi connectivity index (χ0) is 12.1. The Morgan fingerprint density at radius 2 is 2.00 bits per heavy atom. The lowest BCUT2D eigenvalue weighted by molar-refractivity contribution is -0.137. The molecule has 0 rings (SSSR count). The molecule has 0 atom stereocenters. The van der Waals surface area contributed by atoms with Crippen molar-refractivity contribution in [3.63, 3.8) is 0 Å². The van der Waals surface area contributed by atoms with E-state index >= 15 is 0 Å². The van der Waals surface area contributed by atoms with Crippen LogP contribution in [0.2, 0.25) is 0 Å². The quantitative estimate of drug-likeness (QED) is 0.185. The number of aliphatic imine (C=N–C) groups is 1. The van der Waals surface area contributed by atoms with Crippen LogP contribution in [0, 0.1) is 0 Å². The maximum Gasteiger partial charge on any atom is 0.330 e. The summed E-state index contributed by atoms with van der Waals surface area (Å²) in [6.45, 7) is 5.15. The molecule has 0 saturated carbocycles. The van der Waals surface area contributed by atoms with Crippen LogP contribution in [0.25, 0.3) is 0 Å². The van der Waals surface area contributed by atoms with Gasteiger partial charge < -0.3 is 9.47 Å². The van der Waals surface area contributed by atoms with Gasteiger partial charge in [-0.15, -0.1) is 0 Å². The minimum absolute atomic E-state index is 0.362. The fourth-order valence-corrected chi connectivity index (χ4v) is 0.973. The predicted octanol–water partition coefficient (Wildman–Crippen LogP) is 1.24. The second-order valence-corrected chi connectivity index (χ2v) is 3.02. The number of nitrogens with zero attached hydrogens (tertiary/aromatic N) is 1. The first-order chi connectivity index (χ1) is 7.81. The van der Waals surface area contributed by atoms with E-state index in [9.17, 15) is 9.59 Å². The Morgan fingerprint density at radius 1 is 1.25 bits per heavy atom. The summed E-state index contributed by atoms with van der Waals surface area (Å²) < 4.78 is 9.98. The van der Waals surface area contributed by atoms with Gasteiger partial charge in [-0.2, -0.15) is 0 Å². The van der Waals surface area contributed by atoms with Crippen LogP contribution in [0.3, 0.4) is 0 Å². The molecule has 0 unspecified atom stereocenters. The molecule has 0 fully saturated rings. The number of hydrogen-bond acceptors (Lipinski definition) is 5. The Kier molecular flexibility index (Phi) is 10.6. The number of hydrogen-bond donors (Lipinski definition) is 0. The average Bonchev–Trinajstić information content (AvgIpc) is 2.31. The van der Waals surface area contributed by atoms with Crippen LogP contribution in [0.5, 0.6) is 0 Å². The highest BCUT2D eigenvalue weighted by Crippen LogP contribution is 1.97. The number of esters is 1. The van der Waals surface area contributed by atoms with Crippen molar-refractivity contribution in [3.05, 3.63) is 12.7 Å². The highest BCUT2D eigenvalue weighted by atomic mass is 16.5. The molecule has 0 amide bonds. The zero-order valence-electron chi connectivity index (χ0n) is 9.31. The molecule has 0 heterocycles. The minimum Gasteiger partial charge on any atom is -0.463 e. The van der Waals surface area contributed by atoms with Gasteiger partial charge in [-0.1, -0.05) is 6.58 Å². The van der Waals surface area contributed by atoms with Crippen molar-refractivity contribution in [1.29, 1.82) is 0 Å². The fraction of sp³-hybridized carbons (Fsp3) is 0.636. The third-order valence-electron chi connectivity index (χ3n) is 1.76. The van der Waals surface area contributed by atoms with Crippen LogP contribution >= 0.6 is 0 Å². The number of carbonyl (C=O) groups excluding carboxylic acids is 2. The molecule has 5 heteroatoms. The summed E-state index contributed by atoms with van der Waals surface area (Å²) in [6, 6.07) is 0. The molecule has 0 aromatic rings. The highest BCUT2D eigenvalue weighted by molar-refractivity contribution is 5.81. The first-order valence-corrected chi connectivity index (χ1v) is 5.22. The lowest BCUT2D eigenvalue weighted by Gasteiger charge is -2.03. The Hall–Kier alpha value is -1.45. The SMILES string of the molecule is C=CC(=O)OCCCCCOCCN=C=O. The van der Waals surface area contributed by atoms with Gasteiger partial charge in [-0.3, -0.25) is 0 Å². The molecule has 0 spiro atoms. The molecule has 0 aliphatic rings. The molecule has 0 aliphatic carbocycles. The topological polar surface area (TPSA) is 65.0 Å². The predicted molar refractivity (Wildman–Crippen MR) is 58.8 cm³/mol. The van der Waals surface area contributed by atoms with Crippen molar-refractivity contribution in [3.8, 4) is 0 Å². The van der Waals surface area contributed by atoms with E-state index in [-0.39, 0.29) is 5.97 Å². The first-order valence-electron chi connectivity index (χ1n) is 5.22. The van der Waals surface area contributed by atoms with Gasteiger partial charge in [-0.05, 0) is 19.3 Å². The van der Waals surface area contributed by atoms with Gasteiger partial charge in [0.1, 0.15) is 0 Å². The van der Waals surface area contributed by atoms with Gasteiger partial charge in [0, 0.05) is 12.7 Å². The van der Waals surface area contributed by atoms with Crippen LogP contribution in [-0.4, -0.2) is 38.4 Å². The summed E-state index contributed by atoms with van der Waals surface area (Å²) in [5.74, 6) is -0.386. The van der Waals surface area contributed by atoms with E-state index in [0.29, 0.717) is 26.4 Å². The van der Waals surface area contributed by atoms with Gasteiger partial charge >= 0.3 is 5.97 Å². The summed E-state index contributed by atoms with van der Waals surface area (Å²) in [7, 11) is 0. The van der Waals surface area contributed by atoms with E-state index in [2.05, 4.69) is 11.6 Å². The van der Waals surface area contributed by atoms with Gasteiger partial charge in [0.05, 0.1) is 19.8 Å². The van der Waals surface area contributed by atoms with Crippen molar-refractivity contribution in [2.24, 2.45) is 4.99 Å². The van der Waals surface area contributed by atoms with E-state index < -0.39 is 0 Å². The van der Waals surface area contributed by atoms with Crippen LogP contribution < -0.4 is 0 Å².